The van der Waals surface area contributed by atoms with E-state index in [4.69, 9.17) is 0 Å². The van der Waals surface area contributed by atoms with Gasteiger partial charge >= 0.3 is 0 Å². The highest BCUT2D eigenvalue weighted by Gasteiger charge is 2.16. The SMILES string of the molecule is Oc1ccc(-c2nc3c4cnn(-c5ccc(F)cc5)c4ncn3n2)c(O)c1. The first-order valence-corrected chi connectivity index (χ1v) is 7.97. The minimum absolute atomic E-state index is 0.0513. The van der Waals surface area contributed by atoms with Gasteiger partial charge in [0.2, 0.25) is 0 Å². The quantitative estimate of drug-likeness (QED) is 0.501. The van der Waals surface area contributed by atoms with Crippen molar-refractivity contribution in [1.29, 1.82) is 0 Å². The van der Waals surface area contributed by atoms with Gasteiger partial charge in [-0.3, -0.25) is 0 Å². The van der Waals surface area contributed by atoms with Gasteiger partial charge < -0.3 is 10.2 Å². The first-order valence-electron chi connectivity index (χ1n) is 7.97. The molecule has 0 aliphatic carbocycles. The first-order chi connectivity index (χ1) is 13.1. The van der Waals surface area contributed by atoms with E-state index in [1.807, 2.05) is 0 Å². The summed E-state index contributed by atoms with van der Waals surface area (Å²) in [4.78, 5) is 8.86. The van der Waals surface area contributed by atoms with E-state index in [2.05, 4.69) is 20.2 Å². The van der Waals surface area contributed by atoms with Crippen molar-refractivity contribution in [2.75, 3.05) is 0 Å². The Morgan fingerprint density at radius 1 is 0.963 bits per heavy atom. The Morgan fingerprint density at radius 3 is 2.56 bits per heavy atom. The number of nitrogens with zero attached hydrogens (tertiary/aromatic N) is 6. The summed E-state index contributed by atoms with van der Waals surface area (Å²) in [6.07, 6.45) is 3.10. The van der Waals surface area contributed by atoms with Crippen LogP contribution < -0.4 is 0 Å². The molecule has 2 N–H and O–H groups in total. The Balaban J connectivity index is 1.69. The zero-order valence-corrected chi connectivity index (χ0v) is 13.7. The summed E-state index contributed by atoms with van der Waals surface area (Å²) in [6.45, 7) is 0. The number of phenols is 2. The smallest absolute Gasteiger partial charge is 0.185 e. The van der Waals surface area contributed by atoms with Crippen LogP contribution in [0.4, 0.5) is 4.39 Å². The second kappa shape index (κ2) is 5.49. The van der Waals surface area contributed by atoms with Crippen molar-refractivity contribution in [3.05, 3.63) is 60.8 Å². The molecule has 0 saturated heterocycles. The molecule has 3 aromatic heterocycles. The minimum Gasteiger partial charge on any atom is -0.508 e. The molecule has 5 rings (SSSR count). The van der Waals surface area contributed by atoms with E-state index >= 15 is 0 Å². The molecule has 27 heavy (non-hydrogen) atoms. The van der Waals surface area contributed by atoms with Crippen LogP contribution in [-0.2, 0) is 0 Å². The monoisotopic (exact) mass is 362 g/mol. The maximum absolute atomic E-state index is 13.2. The topological polar surface area (TPSA) is 101 Å². The summed E-state index contributed by atoms with van der Waals surface area (Å²) < 4.78 is 16.2. The van der Waals surface area contributed by atoms with Crippen molar-refractivity contribution < 1.29 is 14.6 Å². The Morgan fingerprint density at radius 2 is 1.78 bits per heavy atom. The third kappa shape index (κ3) is 2.36. The summed E-state index contributed by atoms with van der Waals surface area (Å²) in [5.41, 5.74) is 2.11. The summed E-state index contributed by atoms with van der Waals surface area (Å²) in [6, 6.07) is 10.1. The molecule has 0 aliphatic rings. The Hall–Kier alpha value is -4.01. The molecule has 3 heterocycles. The lowest BCUT2D eigenvalue weighted by Gasteiger charge is -2.02. The normalized spacial score (nSPS) is 11.4. The molecule has 5 aromatic rings. The van der Waals surface area contributed by atoms with Crippen LogP contribution in [0.2, 0.25) is 0 Å². The van der Waals surface area contributed by atoms with Gasteiger partial charge in [-0.15, -0.1) is 5.10 Å². The molecule has 0 unspecified atom stereocenters. The molecule has 9 heteroatoms. The standard InChI is InChI=1S/C18H11FN6O2/c19-10-1-3-11(4-2-10)25-17-14(8-21-25)18-22-16(23-24(18)9-20-17)13-6-5-12(26)7-15(13)27/h1-9,26-27H. The molecule has 2 aromatic carbocycles. The number of hydrogen-bond acceptors (Lipinski definition) is 6. The second-order valence-corrected chi connectivity index (χ2v) is 5.92. The van der Waals surface area contributed by atoms with Crippen LogP contribution in [0.5, 0.6) is 11.5 Å². The third-order valence-electron chi connectivity index (χ3n) is 4.20. The molecule has 8 nitrogen and oxygen atoms in total. The number of aromatic nitrogens is 6. The van der Waals surface area contributed by atoms with Crippen LogP contribution in [-0.4, -0.2) is 39.6 Å². The van der Waals surface area contributed by atoms with E-state index in [-0.39, 0.29) is 23.1 Å². The van der Waals surface area contributed by atoms with Gasteiger partial charge in [0.05, 0.1) is 22.8 Å². The predicted octanol–water partition coefficient (Wildman–Crippen LogP) is 2.68. The van der Waals surface area contributed by atoms with E-state index < -0.39 is 0 Å². The highest BCUT2D eigenvalue weighted by molar-refractivity contribution is 5.90. The van der Waals surface area contributed by atoms with Gasteiger partial charge in [0, 0.05) is 6.07 Å². The molecule has 0 saturated carbocycles. The van der Waals surface area contributed by atoms with Gasteiger partial charge in [-0.25, -0.2) is 23.6 Å². The highest BCUT2D eigenvalue weighted by Crippen LogP contribution is 2.31. The fraction of sp³-hybridized carbons (Fsp3) is 0. The maximum Gasteiger partial charge on any atom is 0.185 e. The number of halogens is 1. The van der Waals surface area contributed by atoms with Gasteiger partial charge in [-0.2, -0.15) is 5.10 Å². The summed E-state index contributed by atoms with van der Waals surface area (Å²) in [5, 5.41) is 28.8. The van der Waals surface area contributed by atoms with Crippen molar-refractivity contribution in [1.82, 2.24) is 29.4 Å². The molecule has 0 spiro atoms. The molecule has 0 radical (unpaired) electrons. The zero-order valence-electron chi connectivity index (χ0n) is 13.7. The predicted molar refractivity (Wildman–Crippen MR) is 94.1 cm³/mol. The molecule has 0 fully saturated rings. The molecule has 132 valence electrons. The summed E-state index contributed by atoms with van der Waals surface area (Å²) in [5.74, 6) is -0.223. The summed E-state index contributed by atoms with van der Waals surface area (Å²) in [7, 11) is 0. The van der Waals surface area contributed by atoms with Crippen LogP contribution in [0.1, 0.15) is 0 Å². The molecule has 0 aliphatic heterocycles. The largest absolute Gasteiger partial charge is 0.508 e. The number of rotatable bonds is 2. The lowest BCUT2D eigenvalue weighted by molar-refractivity contribution is 0.451. The minimum atomic E-state index is -0.332. The Bertz CT molecular complexity index is 1310. The van der Waals surface area contributed by atoms with Crippen LogP contribution >= 0.6 is 0 Å². The van der Waals surface area contributed by atoms with Gasteiger partial charge in [-0.05, 0) is 36.4 Å². The molecular formula is C18H11FN6O2. The van der Waals surface area contributed by atoms with E-state index in [1.165, 1.54) is 41.2 Å². The number of hydrogen-bond donors (Lipinski definition) is 2. The highest BCUT2D eigenvalue weighted by atomic mass is 19.1. The van der Waals surface area contributed by atoms with Gasteiger partial charge in [0.1, 0.15) is 23.6 Å². The number of benzene rings is 2. The number of fused-ring (bicyclic) bond motifs is 3. The Labute approximate surface area is 150 Å². The molecule has 0 amide bonds. The van der Waals surface area contributed by atoms with Crippen LogP contribution in [0.25, 0.3) is 33.8 Å². The van der Waals surface area contributed by atoms with Crippen LogP contribution in [0.15, 0.2) is 55.0 Å². The lowest BCUT2D eigenvalue weighted by atomic mass is 10.2. The number of aromatic hydroxyl groups is 2. The van der Waals surface area contributed by atoms with Crippen LogP contribution in [0.3, 0.4) is 0 Å². The van der Waals surface area contributed by atoms with E-state index in [1.54, 1.807) is 23.0 Å². The van der Waals surface area contributed by atoms with Crippen molar-refractivity contribution in [2.45, 2.75) is 0 Å². The average molecular weight is 362 g/mol. The van der Waals surface area contributed by atoms with Crippen molar-refractivity contribution >= 4 is 16.7 Å². The lowest BCUT2D eigenvalue weighted by Crippen LogP contribution is -1.99. The first kappa shape index (κ1) is 15.3. The molecule has 0 bridgehead atoms. The summed E-state index contributed by atoms with van der Waals surface area (Å²) >= 11 is 0. The van der Waals surface area contributed by atoms with Crippen LogP contribution in [0, 0.1) is 5.82 Å². The van der Waals surface area contributed by atoms with Crippen molar-refractivity contribution in [3.8, 4) is 28.6 Å². The molecular weight excluding hydrogens is 351 g/mol. The van der Waals surface area contributed by atoms with Crippen molar-refractivity contribution in [2.24, 2.45) is 0 Å². The maximum atomic E-state index is 13.2. The fourth-order valence-electron chi connectivity index (χ4n) is 2.92. The van der Waals surface area contributed by atoms with Gasteiger partial charge in [0.25, 0.3) is 0 Å². The third-order valence-corrected chi connectivity index (χ3v) is 4.20. The van der Waals surface area contributed by atoms with E-state index in [0.717, 1.165) is 0 Å². The second-order valence-electron chi connectivity index (χ2n) is 5.92. The van der Waals surface area contributed by atoms with Gasteiger partial charge in [-0.1, -0.05) is 0 Å². The Kier molecular flexibility index (Phi) is 3.11. The van der Waals surface area contributed by atoms with Gasteiger partial charge in [0.15, 0.2) is 17.1 Å². The average Bonchev–Trinajstić information content (AvgIpc) is 3.26. The molecule has 0 atom stereocenters. The van der Waals surface area contributed by atoms with Crippen molar-refractivity contribution in [3.63, 3.8) is 0 Å². The zero-order chi connectivity index (χ0) is 18.5. The van der Waals surface area contributed by atoms with E-state index in [9.17, 15) is 14.6 Å². The fourth-order valence-corrected chi connectivity index (χ4v) is 2.92. The number of phenolic OH excluding ortho intramolecular Hbond substituents is 2. The van der Waals surface area contributed by atoms with E-state index in [0.29, 0.717) is 27.9 Å².